The minimum atomic E-state index is -0.880. The van der Waals surface area contributed by atoms with Gasteiger partial charge in [0, 0.05) is 30.6 Å². The molecule has 1 unspecified atom stereocenters. The zero-order valence-corrected chi connectivity index (χ0v) is 10.8. The maximum atomic E-state index is 12.3. The first kappa shape index (κ1) is 12.5. The summed E-state index contributed by atoms with van der Waals surface area (Å²) < 4.78 is 0. The molecular weight excluding hydrogens is 240 g/mol. The van der Waals surface area contributed by atoms with Crippen LogP contribution in [0.1, 0.15) is 19.8 Å². The highest BCUT2D eigenvalue weighted by molar-refractivity contribution is 7.99. The Hall–Kier alpha value is -0.910. The molecule has 0 aromatic rings. The zero-order chi connectivity index (χ0) is 12.4. The number of carbonyl (C=O) groups is 2. The topological polar surface area (TPSA) is 60.9 Å². The number of carboxylic acid groups (broad SMARTS) is 1. The maximum absolute atomic E-state index is 12.3. The number of aliphatic carboxylic acids is 1. The van der Waals surface area contributed by atoms with E-state index in [0.717, 1.165) is 24.5 Å². The van der Waals surface area contributed by atoms with Gasteiger partial charge in [0.15, 0.2) is 0 Å². The molecule has 0 saturated carbocycles. The van der Waals surface area contributed by atoms with Crippen LogP contribution in [0.4, 0.5) is 4.79 Å². The van der Waals surface area contributed by atoms with Crippen molar-refractivity contribution in [2.24, 2.45) is 0 Å². The summed E-state index contributed by atoms with van der Waals surface area (Å²) in [5.41, 5.74) is 0. The van der Waals surface area contributed by atoms with Gasteiger partial charge in [-0.3, -0.25) is 0 Å². The second-order valence-electron chi connectivity index (χ2n) is 4.59. The van der Waals surface area contributed by atoms with Crippen molar-refractivity contribution >= 4 is 23.8 Å². The number of carboxylic acids is 1. The van der Waals surface area contributed by atoms with Crippen LogP contribution < -0.4 is 0 Å². The van der Waals surface area contributed by atoms with E-state index in [-0.39, 0.29) is 12.1 Å². The van der Waals surface area contributed by atoms with E-state index in [4.69, 9.17) is 5.11 Å². The van der Waals surface area contributed by atoms with Gasteiger partial charge in [-0.25, -0.2) is 9.59 Å². The molecule has 0 radical (unpaired) electrons. The predicted octanol–water partition coefficient (Wildman–Crippen LogP) is 1.09. The van der Waals surface area contributed by atoms with Crippen LogP contribution in [0.5, 0.6) is 0 Å². The fraction of sp³-hybridized carbons (Fsp3) is 0.818. The Morgan fingerprint density at radius 3 is 2.71 bits per heavy atom. The maximum Gasteiger partial charge on any atom is 0.326 e. The Balaban J connectivity index is 2.05. The molecule has 0 spiro atoms. The summed E-state index contributed by atoms with van der Waals surface area (Å²) in [7, 11) is 0. The number of urea groups is 1. The van der Waals surface area contributed by atoms with Crippen molar-refractivity contribution in [2.45, 2.75) is 31.8 Å². The molecule has 17 heavy (non-hydrogen) atoms. The molecule has 0 aliphatic carbocycles. The lowest BCUT2D eigenvalue weighted by Crippen LogP contribution is -2.53. The number of amides is 2. The Bertz CT molecular complexity index is 324. The molecule has 2 amide bonds. The Kier molecular flexibility index (Phi) is 3.81. The first-order valence-corrected chi connectivity index (χ1v) is 7.14. The highest BCUT2D eigenvalue weighted by Crippen LogP contribution is 2.23. The molecule has 5 nitrogen and oxygen atoms in total. The predicted molar refractivity (Wildman–Crippen MR) is 66.3 cm³/mol. The van der Waals surface area contributed by atoms with Crippen LogP contribution in [0.2, 0.25) is 0 Å². The molecule has 0 bridgehead atoms. The first-order valence-electron chi connectivity index (χ1n) is 5.99. The van der Waals surface area contributed by atoms with Gasteiger partial charge in [0.05, 0.1) is 0 Å². The number of hydrogen-bond acceptors (Lipinski definition) is 3. The second kappa shape index (κ2) is 5.16. The van der Waals surface area contributed by atoms with Crippen molar-refractivity contribution < 1.29 is 14.7 Å². The van der Waals surface area contributed by atoms with Gasteiger partial charge >= 0.3 is 12.0 Å². The molecule has 6 heteroatoms. The Morgan fingerprint density at radius 1 is 1.29 bits per heavy atom. The van der Waals surface area contributed by atoms with Crippen molar-refractivity contribution in [3.8, 4) is 0 Å². The van der Waals surface area contributed by atoms with Gasteiger partial charge in [0.2, 0.25) is 0 Å². The third-order valence-corrected chi connectivity index (χ3v) is 4.59. The molecule has 96 valence electrons. The normalized spacial score (nSPS) is 29.5. The molecule has 0 aromatic carbocycles. The summed E-state index contributed by atoms with van der Waals surface area (Å²) in [6.45, 7) is 3.33. The molecule has 2 rings (SSSR count). The molecule has 2 saturated heterocycles. The quantitative estimate of drug-likeness (QED) is 0.765. The average molecular weight is 258 g/mol. The summed E-state index contributed by atoms with van der Waals surface area (Å²) in [6.07, 6.45) is 1.37. The van der Waals surface area contributed by atoms with Crippen molar-refractivity contribution in [1.82, 2.24) is 9.80 Å². The van der Waals surface area contributed by atoms with Gasteiger partial charge < -0.3 is 14.9 Å². The SMILES string of the molecule is CC1CSCCN1C(=O)N1CCC[C@H]1C(=O)O. The first-order chi connectivity index (χ1) is 8.11. The van der Waals surface area contributed by atoms with Crippen LogP contribution in [0.3, 0.4) is 0 Å². The number of hydrogen-bond donors (Lipinski definition) is 1. The largest absolute Gasteiger partial charge is 0.480 e. The summed E-state index contributed by atoms with van der Waals surface area (Å²) in [4.78, 5) is 26.7. The molecular formula is C11H18N2O3S. The van der Waals surface area contributed by atoms with E-state index in [1.54, 1.807) is 0 Å². The smallest absolute Gasteiger partial charge is 0.326 e. The molecule has 2 atom stereocenters. The van der Waals surface area contributed by atoms with Crippen LogP contribution in [0, 0.1) is 0 Å². The number of likely N-dealkylation sites (tertiary alicyclic amines) is 1. The molecule has 2 fully saturated rings. The van der Waals surface area contributed by atoms with Gasteiger partial charge in [0.1, 0.15) is 6.04 Å². The molecule has 2 aliphatic heterocycles. The lowest BCUT2D eigenvalue weighted by atomic mass is 10.2. The lowest BCUT2D eigenvalue weighted by Gasteiger charge is -2.37. The van der Waals surface area contributed by atoms with Crippen molar-refractivity contribution in [3.63, 3.8) is 0 Å². The summed E-state index contributed by atoms with van der Waals surface area (Å²) in [5.74, 6) is 1.01. The third kappa shape index (κ3) is 2.51. The van der Waals surface area contributed by atoms with E-state index in [1.165, 1.54) is 4.90 Å². The van der Waals surface area contributed by atoms with Crippen LogP contribution in [-0.4, -0.2) is 63.6 Å². The zero-order valence-electron chi connectivity index (χ0n) is 9.96. The van der Waals surface area contributed by atoms with Crippen LogP contribution in [0.25, 0.3) is 0 Å². The molecule has 1 N–H and O–H groups in total. The fourth-order valence-electron chi connectivity index (χ4n) is 2.43. The molecule has 2 heterocycles. The molecule has 0 aromatic heterocycles. The van der Waals surface area contributed by atoms with Gasteiger partial charge in [-0.2, -0.15) is 11.8 Å². The van der Waals surface area contributed by atoms with Crippen LogP contribution in [-0.2, 0) is 4.79 Å². The molecule has 2 aliphatic rings. The van der Waals surface area contributed by atoms with Crippen molar-refractivity contribution in [3.05, 3.63) is 0 Å². The Labute approximate surface area is 105 Å². The summed E-state index contributed by atoms with van der Waals surface area (Å²) in [6, 6.07) is -0.511. The lowest BCUT2D eigenvalue weighted by molar-refractivity contribution is -0.141. The van der Waals surface area contributed by atoms with Gasteiger partial charge in [0.25, 0.3) is 0 Å². The van der Waals surface area contributed by atoms with Gasteiger partial charge in [-0.15, -0.1) is 0 Å². The number of thioether (sulfide) groups is 1. The van der Waals surface area contributed by atoms with Crippen LogP contribution in [0.15, 0.2) is 0 Å². The summed E-state index contributed by atoms with van der Waals surface area (Å²) >= 11 is 1.85. The standard InChI is InChI=1S/C11H18N2O3S/c1-8-7-17-6-5-12(8)11(16)13-4-2-3-9(13)10(14)15/h8-9H,2-7H2,1H3,(H,14,15)/t8?,9-/m0/s1. The second-order valence-corrected chi connectivity index (χ2v) is 5.74. The summed E-state index contributed by atoms with van der Waals surface area (Å²) in [5, 5.41) is 9.08. The van der Waals surface area contributed by atoms with E-state index < -0.39 is 12.0 Å². The highest BCUT2D eigenvalue weighted by atomic mass is 32.2. The number of nitrogens with zero attached hydrogens (tertiary/aromatic N) is 2. The van der Waals surface area contributed by atoms with E-state index in [2.05, 4.69) is 0 Å². The van der Waals surface area contributed by atoms with E-state index >= 15 is 0 Å². The Morgan fingerprint density at radius 2 is 2.06 bits per heavy atom. The van der Waals surface area contributed by atoms with Crippen molar-refractivity contribution in [1.29, 1.82) is 0 Å². The van der Waals surface area contributed by atoms with E-state index in [0.29, 0.717) is 13.0 Å². The minimum absolute atomic E-state index is 0.0947. The third-order valence-electron chi connectivity index (χ3n) is 3.40. The number of carbonyl (C=O) groups excluding carboxylic acids is 1. The van der Waals surface area contributed by atoms with Gasteiger partial charge in [-0.05, 0) is 19.8 Å². The van der Waals surface area contributed by atoms with E-state index in [9.17, 15) is 9.59 Å². The number of rotatable bonds is 1. The van der Waals surface area contributed by atoms with E-state index in [1.807, 2.05) is 23.6 Å². The monoisotopic (exact) mass is 258 g/mol. The minimum Gasteiger partial charge on any atom is -0.480 e. The average Bonchev–Trinajstić information content (AvgIpc) is 2.77. The van der Waals surface area contributed by atoms with Crippen molar-refractivity contribution in [2.75, 3.05) is 24.6 Å². The van der Waals surface area contributed by atoms with Gasteiger partial charge in [-0.1, -0.05) is 0 Å². The highest BCUT2D eigenvalue weighted by Gasteiger charge is 2.37. The fourth-order valence-corrected chi connectivity index (χ4v) is 3.44. The van der Waals surface area contributed by atoms with Crippen LogP contribution >= 0.6 is 11.8 Å².